The van der Waals surface area contributed by atoms with Gasteiger partial charge in [-0.25, -0.2) is 9.59 Å². The van der Waals surface area contributed by atoms with Gasteiger partial charge in [-0.1, -0.05) is 11.6 Å². The zero-order chi connectivity index (χ0) is 19.3. The van der Waals surface area contributed by atoms with Gasteiger partial charge in [0, 0.05) is 25.2 Å². The van der Waals surface area contributed by atoms with Gasteiger partial charge < -0.3 is 24.9 Å². The standard InChI is InChI=1S/C15H20ClN3O.C2H2O4/c1-17-11-19(9-8-18-6-2-3-7-18)15(20)13-10-12(16)4-5-14(13)17;3-1(4)2(5)6/h4-5,10H,2-3,6-9,11H2,1H3;(H,3,4)(H,5,6). The molecule has 0 unspecified atom stereocenters. The van der Waals surface area contributed by atoms with E-state index in [0.717, 1.165) is 18.8 Å². The average molecular weight is 384 g/mol. The van der Waals surface area contributed by atoms with E-state index in [-0.39, 0.29) is 5.91 Å². The molecule has 0 aromatic heterocycles. The van der Waals surface area contributed by atoms with Gasteiger partial charge in [0.2, 0.25) is 0 Å². The second-order valence-electron chi connectivity index (χ2n) is 6.23. The lowest BCUT2D eigenvalue weighted by Gasteiger charge is -2.36. The summed E-state index contributed by atoms with van der Waals surface area (Å²) in [6.45, 7) is 4.74. The largest absolute Gasteiger partial charge is 0.473 e. The summed E-state index contributed by atoms with van der Waals surface area (Å²) in [6, 6.07) is 5.54. The number of likely N-dealkylation sites (tertiary alicyclic amines) is 1. The van der Waals surface area contributed by atoms with Gasteiger partial charge in [0.1, 0.15) is 0 Å². The lowest BCUT2D eigenvalue weighted by atomic mass is 10.1. The summed E-state index contributed by atoms with van der Waals surface area (Å²) in [5.41, 5.74) is 1.68. The average Bonchev–Trinajstić information content (AvgIpc) is 3.10. The van der Waals surface area contributed by atoms with Crippen LogP contribution < -0.4 is 4.90 Å². The highest BCUT2D eigenvalue weighted by Gasteiger charge is 2.27. The van der Waals surface area contributed by atoms with Crippen molar-refractivity contribution in [1.29, 1.82) is 0 Å². The molecule has 1 amide bonds. The summed E-state index contributed by atoms with van der Waals surface area (Å²) in [5.74, 6) is -3.55. The Morgan fingerprint density at radius 2 is 1.73 bits per heavy atom. The van der Waals surface area contributed by atoms with Crippen LogP contribution in [0, 0.1) is 0 Å². The summed E-state index contributed by atoms with van der Waals surface area (Å²) in [7, 11) is 2.02. The predicted octanol–water partition coefficient (Wildman–Crippen LogP) is 1.44. The number of fused-ring (bicyclic) bond motifs is 1. The first-order valence-corrected chi connectivity index (χ1v) is 8.66. The first-order chi connectivity index (χ1) is 12.3. The van der Waals surface area contributed by atoms with Gasteiger partial charge in [-0.3, -0.25) is 4.79 Å². The fraction of sp³-hybridized carbons (Fsp3) is 0.471. The van der Waals surface area contributed by atoms with Crippen LogP contribution >= 0.6 is 11.6 Å². The highest BCUT2D eigenvalue weighted by Crippen LogP contribution is 2.28. The SMILES string of the molecule is CN1CN(CCN2CCCC2)C(=O)c2cc(Cl)ccc21.O=C(O)C(=O)O. The molecule has 1 aromatic carbocycles. The van der Waals surface area contributed by atoms with Crippen LogP contribution in [0.2, 0.25) is 5.02 Å². The molecule has 2 N–H and O–H groups in total. The highest BCUT2D eigenvalue weighted by molar-refractivity contribution is 6.31. The molecule has 1 saturated heterocycles. The van der Waals surface area contributed by atoms with Gasteiger partial charge in [-0.15, -0.1) is 0 Å². The van der Waals surface area contributed by atoms with Crippen molar-refractivity contribution in [2.45, 2.75) is 12.8 Å². The van der Waals surface area contributed by atoms with Crippen molar-refractivity contribution in [3.8, 4) is 0 Å². The first kappa shape index (κ1) is 20.0. The molecule has 0 spiro atoms. The highest BCUT2D eigenvalue weighted by atomic mass is 35.5. The third-order valence-corrected chi connectivity index (χ3v) is 4.57. The molecule has 0 atom stereocenters. The van der Waals surface area contributed by atoms with E-state index in [0.29, 0.717) is 17.3 Å². The molecule has 0 saturated carbocycles. The predicted molar refractivity (Wildman–Crippen MR) is 96.7 cm³/mol. The summed E-state index contributed by atoms with van der Waals surface area (Å²) in [5, 5.41) is 15.4. The minimum absolute atomic E-state index is 0.0970. The molecule has 26 heavy (non-hydrogen) atoms. The van der Waals surface area contributed by atoms with Gasteiger partial charge in [-0.2, -0.15) is 0 Å². The number of rotatable bonds is 3. The van der Waals surface area contributed by atoms with E-state index in [1.165, 1.54) is 25.9 Å². The Bertz CT molecular complexity index is 679. The lowest BCUT2D eigenvalue weighted by molar-refractivity contribution is -0.159. The van der Waals surface area contributed by atoms with Crippen LogP contribution in [0.4, 0.5) is 5.69 Å². The maximum atomic E-state index is 12.5. The number of hydrogen-bond donors (Lipinski definition) is 2. The molecule has 1 aromatic rings. The van der Waals surface area contributed by atoms with E-state index in [1.54, 1.807) is 6.07 Å². The zero-order valence-corrected chi connectivity index (χ0v) is 15.3. The van der Waals surface area contributed by atoms with Gasteiger partial charge in [0.05, 0.1) is 17.9 Å². The second kappa shape index (κ2) is 8.86. The number of anilines is 1. The monoisotopic (exact) mass is 383 g/mol. The summed E-state index contributed by atoms with van der Waals surface area (Å²) in [4.78, 5) is 37.2. The van der Waals surface area contributed by atoms with Crippen molar-refractivity contribution in [3.63, 3.8) is 0 Å². The van der Waals surface area contributed by atoms with Gasteiger partial charge in [0.15, 0.2) is 0 Å². The van der Waals surface area contributed by atoms with E-state index in [9.17, 15) is 4.79 Å². The third kappa shape index (κ3) is 5.09. The summed E-state index contributed by atoms with van der Waals surface area (Å²) >= 11 is 6.02. The van der Waals surface area contributed by atoms with Crippen LogP contribution in [0.25, 0.3) is 0 Å². The number of halogens is 1. The molecule has 0 aliphatic carbocycles. The maximum absolute atomic E-state index is 12.5. The Morgan fingerprint density at radius 1 is 1.12 bits per heavy atom. The van der Waals surface area contributed by atoms with Crippen molar-refractivity contribution in [1.82, 2.24) is 9.80 Å². The number of aliphatic carboxylic acids is 2. The number of carboxylic acids is 2. The van der Waals surface area contributed by atoms with Crippen molar-refractivity contribution < 1.29 is 24.6 Å². The number of carbonyl (C=O) groups is 3. The number of benzene rings is 1. The fourth-order valence-corrected chi connectivity index (χ4v) is 3.19. The maximum Gasteiger partial charge on any atom is 0.414 e. The molecular formula is C17H22ClN3O5. The summed E-state index contributed by atoms with van der Waals surface area (Å²) < 4.78 is 0. The topological polar surface area (TPSA) is 101 Å². The second-order valence-corrected chi connectivity index (χ2v) is 6.66. The third-order valence-electron chi connectivity index (χ3n) is 4.34. The van der Waals surface area contributed by atoms with Crippen LogP contribution in [0.15, 0.2) is 18.2 Å². The van der Waals surface area contributed by atoms with Crippen LogP contribution in [0.5, 0.6) is 0 Å². The van der Waals surface area contributed by atoms with E-state index < -0.39 is 11.9 Å². The number of hydrogen-bond acceptors (Lipinski definition) is 5. The first-order valence-electron chi connectivity index (χ1n) is 8.28. The molecule has 1 fully saturated rings. The van der Waals surface area contributed by atoms with Crippen LogP contribution in [-0.2, 0) is 9.59 Å². The van der Waals surface area contributed by atoms with Crippen molar-refractivity contribution in [2.75, 3.05) is 44.8 Å². The number of carboxylic acid groups (broad SMARTS) is 2. The van der Waals surface area contributed by atoms with Crippen molar-refractivity contribution >= 4 is 35.1 Å². The Balaban J connectivity index is 0.000000352. The Hall–Kier alpha value is -2.32. The Kier molecular flexibility index (Phi) is 6.82. The van der Waals surface area contributed by atoms with Crippen molar-refractivity contribution in [2.24, 2.45) is 0 Å². The molecule has 8 nitrogen and oxygen atoms in total. The van der Waals surface area contributed by atoms with Crippen LogP contribution in [-0.4, -0.2) is 77.8 Å². The molecule has 2 aliphatic rings. The number of nitrogens with zero attached hydrogens (tertiary/aromatic N) is 3. The molecule has 3 rings (SSSR count). The van der Waals surface area contributed by atoms with E-state index in [1.807, 2.05) is 24.1 Å². The fourth-order valence-electron chi connectivity index (χ4n) is 3.02. The normalized spacial score (nSPS) is 16.8. The van der Waals surface area contributed by atoms with E-state index in [4.69, 9.17) is 31.4 Å². The minimum atomic E-state index is -1.82. The quantitative estimate of drug-likeness (QED) is 0.761. The van der Waals surface area contributed by atoms with Crippen LogP contribution in [0.1, 0.15) is 23.2 Å². The smallest absolute Gasteiger partial charge is 0.414 e. The molecule has 142 valence electrons. The van der Waals surface area contributed by atoms with Crippen molar-refractivity contribution in [3.05, 3.63) is 28.8 Å². The Morgan fingerprint density at radius 3 is 2.31 bits per heavy atom. The molecule has 0 radical (unpaired) electrons. The lowest BCUT2D eigenvalue weighted by Crippen LogP contribution is -2.47. The minimum Gasteiger partial charge on any atom is -0.473 e. The van der Waals surface area contributed by atoms with Crippen LogP contribution in [0.3, 0.4) is 0 Å². The molecule has 2 aliphatic heterocycles. The van der Waals surface area contributed by atoms with E-state index in [2.05, 4.69) is 9.80 Å². The Labute approximate surface area is 156 Å². The number of carbonyl (C=O) groups excluding carboxylic acids is 1. The van der Waals surface area contributed by atoms with Gasteiger partial charge in [0.25, 0.3) is 5.91 Å². The van der Waals surface area contributed by atoms with E-state index >= 15 is 0 Å². The number of amides is 1. The molecule has 9 heteroatoms. The molecule has 2 heterocycles. The summed E-state index contributed by atoms with van der Waals surface area (Å²) in [6.07, 6.45) is 2.57. The molecule has 0 bridgehead atoms. The van der Waals surface area contributed by atoms with Gasteiger partial charge >= 0.3 is 11.9 Å². The molecular weight excluding hydrogens is 362 g/mol. The van der Waals surface area contributed by atoms with Gasteiger partial charge in [-0.05, 0) is 44.1 Å². The zero-order valence-electron chi connectivity index (χ0n) is 14.5.